The number of carbonyl (C=O) groups is 2. The summed E-state index contributed by atoms with van der Waals surface area (Å²) in [6.45, 7) is 1.64. The van der Waals surface area contributed by atoms with E-state index >= 15 is 0 Å². The fourth-order valence-corrected chi connectivity index (χ4v) is 2.09. The lowest BCUT2D eigenvalue weighted by Gasteiger charge is -2.18. The molecule has 2 amide bonds. The molecule has 2 rings (SSSR count). The Morgan fingerprint density at radius 3 is 2.50 bits per heavy atom. The van der Waals surface area contributed by atoms with Gasteiger partial charge >= 0.3 is 12.0 Å². The number of carbonyl (C=O) groups excluding carboxylic acids is 1. The van der Waals surface area contributed by atoms with Crippen molar-refractivity contribution >= 4 is 12.0 Å². The molecule has 0 spiro atoms. The Morgan fingerprint density at radius 1 is 1.30 bits per heavy atom. The lowest BCUT2D eigenvalue weighted by Crippen LogP contribution is -2.47. The highest BCUT2D eigenvalue weighted by molar-refractivity contribution is 5.83. The molecule has 0 aliphatic heterocycles. The topological polar surface area (TPSA) is 78.4 Å². The molecule has 1 aliphatic rings. The summed E-state index contributed by atoms with van der Waals surface area (Å²) in [4.78, 5) is 22.8. The maximum absolute atomic E-state index is 13.6. The van der Waals surface area contributed by atoms with Gasteiger partial charge in [-0.2, -0.15) is 0 Å². The zero-order valence-electron chi connectivity index (χ0n) is 11.1. The number of urea groups is 1. The van der Waals surface area contributed by atoms with Gasteiger partial charge in [-0.3, -0.25) is 0 Å². The van der Waals surface area contributed by atoms with Gasteiger partial charge in [-0.05, 0) is 31.7 Å². The highest BCUT2D eigenvalue weighted by atomic mass is 19.1. The van der Waals surface area contributed by atoms with Crippen molar-refractivity contribution in [1.29, 1.82) is 0 Å². The summed E-state index contributed by atoms with van der Waals surface area (Å²) in [7, 11) is 0. The number of amides is 2. The van der Waals surface area contributed by atoms with E-state index in [0.29, 0.717) is 5.56 Å². The van der Waals surface area contributed by atoms with Crippen LogP contribution in [0.4, 0.5) is 9.18 Å². The molecule has 1 aromatic carbocycles. The van der Waals surface area contributed by atoms with Gasteiger partial charge in [-0.15, -0.1) is 0 Å². The number of nitrogens with one attached hydrogen (secondary N) is 2. The summed E-state index contributed by atoms with van der Waals surface area (Å²) in [5.74, 6) is -1.44. The van der Waals surface area contributed by atoms with Crippen molar-refractivity contribution < 1.29 is 19.1 Å². The Bertz CT molecular complexity index is 517. The van der Waals surface area contributed by atoms with E-state index < -0.39 is 29.9 Å². The van der Waals surface area contributed by atoms with E-state index in [-0.39, 0.29) is 5.92 Å². The van der Waals surface area contributed by atoms with Crippen LogP contribution >= 0.6 is 0 Å². The van der Waals surface area contributed by atoms with Crippen LogP contribution in [-0.2, 0) is 4.79 Å². The zero-order valence-corrected chi connectivity index (χ0v) is 11.1. The second-order valence-electron chi connectivity index (χ2n) is 5.01. The van der Waals surface area contributed by atoms with Crippen LogP contribution in [0.3, 0.4) is 0 Å². The number of halogens is 1. The van der Waals surface area contributed by atoms with Crippen LogP contribution in [0.2, 0.25) is 0 Å². The van der Waals surface area contributed by atoms with E-state index in [2.05, 4.69) is 10.6 Å². The normalized spacial score (nSPS) is 17.1. The number of aliphatic carboxylic acids is 1. The van der Waals surface area contributed by atoms with Crippen LogP contribution in [0.5, 0.6) is 0 Å². The minimum absolute atomic E-state index is 0.00187. The first-order chi connectivity index (χ1) is 9.49. The fourth-order valence-electron chi connectivity index (χ4n) is 2.09. The first kappa shape index (κ1) is 14.3. The van der Waals surface area contributed by atoms with Crippen molar-refractivity contribution in [1.82, 2.24) is 10.6 Å². The maximum atomic E-state index is 13.6. The second-order valence-corrected chi connectivity index (χ2v) is 5.01. The smallest absolute Gasteiger partial charge is 0.326 e. The molecule has 5 nitrogen and oxygen atoms in total. The average molecular weight is 280 g/mol. The summed E-state index contributed by atoms with van der Waals surface area (Å²) in [6.07, 6.45) is 1.61. The molecule has 1 saturated carbocycles. The molecule has 1 fully saturated rings. The maximum Gasteiger partial charge on any atom is 0.326 e. The SMILES string of the molecule is CC(NC(=O)NC(C(=O)O)C1CC1)c1ccccc1F. The molecule has 0 saturated heterocycles. The predicted octanol–water partition coefficient (Wildman–Crippen LogP) is 2.05. The van der Waals surface area contributed by atoms with E-state index in [1.54, 1.807) is 25.1 Å². The first-order valence-electron chi connectivity index (χ1n) is 6.53. The molecule has 20 heavy (non-hydrogen) atoms. The van der Waals surface area contributed by atoms with Crippen LogP contribution in [0.1, 0.15) is 31.4 Å². The molecule has 108 valence electrons. The van der Waals surface area contributed by atoms with Crippen LogP contribution in [0.25, 0.3) is 0 Å². The molecule has 0 aromatic heterocycles. The van der Waals surface area contributed by atoms with Crippen molar-refractivity contribution in [2.24, 2.45) is 5.92 Å². The van der Waals surface area contributed by atoms with E-state index in [4.69, 9.17) is 5.11 Å². The molecule has 2 atom stereocenters. The summed E-state index contributed by atoms with van der Waals surface area (Å²) in [5, 5.41) is 14.0. The summed E-state index contributed by atoms with van der Waals surface area (Å²) >= 11 is 0. The minimum atomic E-state index is -1.04. The highest BCUT2D eigenvalue weighted by Crippen LogP contribution is 2.32. The monoisotopic (exact) mass is 280 g/mol. The Labute approximate surface area is 116 Å². The molecular formula is C14H17FN2O3. The number of hydrogen-bond acceptors (Lipinski definition) is 2. The molecule has 0 radical (unpaired) electrons. The Balaban J connectivity index is 1.94. The summed E-state index contributed by atoms with van der Waals surface area (Å²) < 4.78 is 13.6. The van der Waals surface area contributed by atoms with Gasteiger partial charge in [-0.25, -0.2) is 14.0 Å². The van der Waals surface area contributed by atoms with Crippen molar-refractivity contribution in [3.63, 3.8) is 0 Å². The van der Waals surface area contributed by atoms with Gasteiger partial charge in [-0.1, -0.05) is 18.2 Å². The third kappa shape index (κ3) is 3.46. The number of hydrogen-bond donors (Lipinski definition) is 3. The van der Waals surface area contributed by atoms with Crippen LogP contribution in [-0.4, -0.2) is 23.1 Å². The standard InChI is InChI=1S/C14H17FN2O3/c1-8(10-4-2-3-5-11(10)15)16-14(20)17-12(13(18)19)9-6-7-9/h2-5,8-9,12H,6-7H2,1H3,(H,18,19)(H2,16,17,20). The van der Waals surface area contributed by atoms with Gasteiger partial charge in [0.05, 0.1) is 6.04 Å². The lowest BCUT2D eigenvalue weighted by atomic mass is 10.1. The molecule has 3 N–H and O–H groups in total. The number of carboxylic acids is 1. The third-order valence-electron chi connectivity index (χ3n) is 3.37. The van der Waals surface area contributed by atoms with Crippen LogP contribution in [0.15, 0.2) is 24.3 Å². The van der Waals surface area contributed by atoms with Crippen LogP contribution < -0.4 is 10.6 Å². The Kier molecular flexibility index (Phi) is 4.22. The van der Waals surface area contributed by atoms with Crippen molar-refractivity contribution in [3.8, 4) is 0 Å². The van der Waals surface area contributed by atoms with Crippen LogP contribution in [0, 0.1) is 11.7 Å². The average Bonchev–Trinajstić information content (AvgIpc) is 3.20. The highest BCUT2D eigenvalue weighted by Gasteiger charge is 2.37. The number of benzene rings is 1. The molecule has 0 heterocycles. The molecule has 2 unspecified atom stereocenters. The van der Waals surface area contributed by atoms with Crippen molar-refractivity contribution in [2.45, 2.75) is 31.8 Å². The predicted molar refractivity (Wildman–Crippen MR) is 70.6 cm³/mol. The number of carboxylic acid groups (broad SMARTS) is 1. The fraction of sp³-hybridized carbons (Fsp3) is 0.429. The zero-order chi connectivity index (χ0) is 14.7. The van der Waals surface area contributed by atoms with Gasteiger partial charge in [0.15, 0.2) is 0 Å². The van der Waals surface area contributed by atoms with Gasteiger partial charge in [0.25, 0.3) is 0 Å². The lowest BCUT2D eigenvalue weighted by molar-refractivity contribution is -0.139. The van der Waals surface area contributed by atoms with Crippen molar-refractivity contribution in [3.05, 3.63) is 35.6 Å². The quantitative estimate of drug-likeness (QED) is 0.772. The van der Waals surface area contributed by atoms with E-state index in [9.17, 15) is 14.0 Å². The van der Waals surface area contributed by atoms with Gasteiger partial charge in [0.2, 0.25) is 0 Å². The van der Waals surface area contributed by atoms with Crippen molar-refractivity contribution in [2.75, 3.05) is 0 Å². The summed E-state index contributed by atoms with van der Waals surface area (Å²) in [6, 6.07) is 4.14. The molecule has 6 heteroatoms. The molecule has 1 aliphatic carbocycles. The summed E-state index contributed by atoms with van der Waals surface area (Å²) in [5.41, 5.74) is 0.362. The Morgan fingerprint density at radius 2 is 1.95 bits per heavy atom. The van der Waals surface area contributed by atoms with Gasteiger partial charge in [0.1, 0.15) is 11.9 Å². The second kappa shape index (κ2) is 5.90. The first-order valence-corrected chi connectivity index (χ1v) is 6.53. The number of rotatable bonds is 5. The van der Waals surface area contributed by atoms with E-state index in [1.165, 1.54) is 6.07 Å². The Hall–Kier alpha value is -2.11. The molecule has 0 bridgehead atoms. The van der Waals surface area contributed by atoms with Gasteiger partial charge in [0, 0.05) is 5.56 Å². The minimum Gasteiger partial charge on any atom is -0.480 e. The van der Waals surface area contributed by atoms with E-state index in [1.807, 2.05) is 0 Å². The largest absolute Gasteiger partial charge is 0.480 e. The molecule has 1 aromatic rings. The van der Waals surface area contributed by atoms with E-state index in [0.717, 1.165) is 12.8 Å². The van der Waals surface area contributed by atoms with Gasteiger partial charge < -0.3 is 15.7 Å². The third-order valence-corrected chi connectivity index (χ3v) is 3.37. The molecular weight excluding hydrogens is 263 g/mol.